The zero-order valence-electron chi connectivity index (χ0n) is 29.9. The molecule has 3 nitrogen and oxygen atoms in total. The molecule has 9 rings (SSSR count). The maximum Gasteiger partial charge on any atom is 0.0667 e. The van der Waals surface area contributed by atoms with E-state index in [1.807, 2.05) is 0 Å². The molecule has 0 aromatic carbocycles. The molecule has 0 N–H and O–H groups in total. The van der Waals surface area contributed by atoms with Gasteiger partial charge >= 0.3 is 0 Å². The second-order valence-corrected chi connectivity index (χ2v) is 19.2. The first-order valence-electron chi connectivity index (χ1n) is 21.8. The Bertz CT molecular complexity index is 985. The largest absolute Gasteiger partial charge is 0.374 e. The summed E-state index contributed by atoms with van der Waals surface area (Å²) in [6.45, 7) is 2.49. The van der Waals surface area contributed by atoms with Crippen molar-refractivity contribution >= 4 is 0 Å². The topological polar surface area (TPSA) is 21.7 Å². The standard InChI is InChI=1S/C43H71NO2/c1-28-14-16-29(17-15-28)30-18-22-33(23-19-30)44(32-8-3-2-4-9-32)34-24-20-31(21-25-34)35-11-7-12-36-37-26-27-40-41(43(37)46-42(35)36)38-10-5-6-13-39(38)45-40/h28-43H,2-27H2,1H3. The molecule has 0 spiro atoms. The van der Waals surface area contributed by atoms with Crippen LogP contribution in [0.1, 0.15) is 174 Å². The highest BCUT2D eigenvalue weighted by Crippen LogP contribution is 2.58. The predicted molar refractivity (Wildman–Crippen MR) is 188 cm³/mol. The van der Waals surface area contributed by atoms with E-state index in [4.69, 9.17) is 9.47 Å². The Balaban J connectivity index is 0.845. The second kappa shape index (κ2) is 13.9. The molecule has 9 fully saturated rings. The summed E-state index contributed by atoms with van der Waals surface area (Å²) in [5, 5.41) is 0. The summed E-state index contributed by atoms with van der Waals surface area (Å²) < 4.78 is 14.2. The first-order valence-corrected chi connectivity index (χ1v) is 21.8. The van der Waals surface area contributed by atoms with Gasteiger partial charge in [-0.2, -0.15) is 0 Å². The van der Waals surface area contributed by atoms with Crippen LogP contribution in [-0.4, -0.2) is 47.4 Å². The van der Waals surface area contributed by atoms with E-state index in [0.717, 1.165) is 71.4 Å². The minimum atomic E-state index is 0.524. The first kappa shape index (κ1) is 31.8. The molecule has 0 amide bonds. The second-order valence-electron chi connectivity index (χ2n) is 19.2. The maximum atomic E-state index is 7.44. The van der Waals surface area contributed by atoms with Crippen molar-refractivity contribution in [1.82, 2.24) is 4.90 Å². The van der Waals surface area contributed by atoms with Gasteiger partial charge in [-0.1, -0.05) is 58.3 Å². The Hall–Kier alpha value is -0.120. The van der Waals surface area contributed by atoms with Gasteiger partial charge in [-0.25, -0.2) is 0 Å². The molecule has 260 valence electrons. The summed E-state index contributed by atoms with van der Waals surface area (Å²) in [4.78, 5) is 3.25. The van der Waals surface area contributed by atoms with Crippen LogP contribution in [0.25, 0.3) is 0 Å². The van der Waals surface area contributed by atoms with E-state index in [-0.39, 0.29) is 0 Å². The van der Waals surface area contributed by atoms with Gasteiger partial charge in [-0.05, 0) is 163 Å². The van der Waals surface area contributed by atoms with Crippen molar-refractivity contribution < 1.29 is 9.47 Å². The van der Waals surface area contributed by atoms with Crippen LogP contribution in [0.3, 0.4) is 0 Å². The highest BCUT2D eigenvalue weighted by Gasteiger charge is 2.60. The Morgan fingerprint density at radius 1 is 0.370 bits per heavy atom. The molecule has 9 atom stereocenters. The summed E-state index contributed by atoms with van der Waals surface area (Å²) in [6, 6.07) is 2.68. The average molecular weight is 634 g/mol. The van der Waals surface area contributed by atoms with Crippen LogP contribution in [0.5, 0.6) is 0 Å². The molecule has 2 aliphatic heterocycles. The van der Waals surface area contributed by atoms with Crippen LogP contribution >= 0.6 is 0 Å². The van der Waals surface area contributed by atoms with Crippen LogP contribution in [-0.2, 0) is 9.47 Å². The first-order chi connectivity index (χ1) is 22.7. The molecule has 7 saturated carbocycles. The van der Waals surface area contributed by atoms with Crippen LogP contribution in [0, 0.1) is 53.3 Å². The molecule has 46 heavy (non-hydrogen) atoms. The van der Waals surface area contributed by atoms with Gasteiger partial charge in [0, 0.05) is 24.0 Å². The van der Waals surface area contributed by atoms with Gasteiger partial charge in [0.1, 0.15) is 0 Å². The lowest BCUT2D eigenvalue weighted by atomic mass is 9.62. The third-order valence-electron chi connectivity index (χ3n) is 17.1. The molecule has 9 aliphatic rings. The van der Waals surface area contributed by atoms with Crippen molar-refractivity contribution in [2.24, 2.45) is 53.3 Å². The fourth-order valence-electron chi connectivity index (χ4n) is 14.8. The molecule has 0 radical (unpaired) electrons. The Morgan fingerprint density at radius 3 is 1.67 bits per heavy atom. The fraction of sp³-hybridized carbons (Fsp3) is 1.00. The molecule has 2 saturated heterocycles. The normalized spacial score (nSPS) is 51.7. The van der Waals surface area contributed by atoms with Crippen molar-refractivity contribution in [3.63, 3.8) is 0 Å². The quantitative estimate of drug-likeness (QED) is 0.301. The van der Waals surface area contributed by atoms with Crippen molar-refractivity contribution in [1.29, 1.82) is 0 Å². The van der Waals surface area contributed by atoms with E-state index in [0.29, 0.717) is 24.4 Å². The van der Waals surface area contributed by atoms with Gasteiger partial charge in [0.25, 0.3) is 0 Å². The molecule has 0 aromatic heterocycles. The van der Waals surface area contributed by atoms with Crippen molar-refractivity contribution in [2.45, 2.75) is 216 Å². The average Bonchev–Trinajstić information content (AvgIpc) is 3.68. The summed E-state index contributed by atoms with van der Waals surface area (Å²) in [5.74, 6) is 8.15. The maximum absolute atomic E-state index is 7.44. The highest BCUT2D eigenvalue weighted by atomic mass is 16.5. The summed E-state index contributed by atoms with van der Waals surface area (Å²) >= 11 is 0. The number of rotatable bonds is 5. The van der Waals surface area contributed by atoms with E-state index >= 15 is 0 Å². The molecule has 9 unspecified atom stereocenters. The fourth-order valence-corrected chi connectivity index (χ4v) is 14.8. The molecule has 3 heteroatoms. The number of hydrogen-bond donors (Lipinski definition) is 0. The minimum absolute atomic E-state index is 0.524. The van der Waals surface area contributed by atoms with Crippen molar-refractivity contribution in [3.8, 4) is 0 Å². The SMILES string of the molecule is CC1CCC(C2CCC(N(C3CCCCC3)C3CCC(C4CCCC5C6CCC7OC8CCCCC8C7C6OC45)CC3)CC2)CC1. The lowest BCUT2D eigenvalue weighted by Gasteiger charge is -2.50. The third-order valence-corrected chi connectivity index (χ3v) is 17.1. The van der Waals surface area contributed by atoms with Crippen molar-refractivity contribution in [3.05, 3.63) is 0 Å². The summed E-state index contributed by atoms with van der Waals surface area (Å²) in [5.41, 5.74) is 0. The van der Waals surface area contributed by atoms with E-state index < -0.39 is 0 Å². The van der Waals surface area contributed by atoms with E-state index in [2.05, 4.69) is 11.8 Å². The molecule has 2 heterocycles. The highest BCUT2D eigenvalue weighted by molar-refractivity contribution is 5.08. The molecule has 0 aromatic rings. The number of ether oxygens (including phenoxy) is 2. The molecular formula is C43H71NO2. The van der Waals surface area contributed by atoms with Gasteiger partial charge in [0.2, 0.25) is 0 Å². The summed E-state index contributed by atoms with van der Waals surface area (Å²) in [7, 11) is 0. The lowest BCUT2D eigenvalue weighted by Crippen LogP contribution is -2.53. The van der Waals surface area contributed by atoms with Gasteiger partial charge in [-0.15, -0.1) is 0 Å². The summed E-state index contributed by atoms with van der Waals surface area (Å²) in [6.07, 6.45) is 40.6. The lowest BCUT2D eigenvalue weighted by molar-refractivity contribution is -0.0877. The zero-order chi connectivity index (χ0) is 30.6. The smallest absolute Gasteiger partial charge is 0.0667 e. The monoisotopic (exact) mass is 634 g/mol. The Morgan fingerprint density at radius 2 is 0.935 bits per heavy atom. The van der Waals surface area contributed by atoms with Crippen LogP contribution in [0.15, 0.2) is 0 Å². The van der Waals surface area contributed by atoms with Gasteiger partial charge in [0.15, 0.2) is 0 Å². The minimum Gasteiger partial charge on any atom is -0.374 e. The molecular weight excluding hydrogens is 562 g/mol. The zero-order valence-corrected chi connectivity index (χ0v) is 29.9. The van der Waals surface area contributed by atoms with Crippen LogP contribution < -0.4 is 0 Å². The molecule has 0 bridgehead atoms. The molecule has 7 aliphatic carbocycles. The van der Waals surface area contributed by atoms with Gasteiger partial charge in [-0.3, -0.25) is 4.90 Å². The van der Waals surface area contributed by atoms with E-state index in [9.17, 15) is 0 Å². The van der Waals surface area contributed by atoms with Crippen molar-refractivity contribution in [2.75, 3.05) is 0 Å². The van der Waals surface area contributed by atoms with Crippen LogP contribution in [0.2, 0.25) is 0 Å². The van der Waals surface area contributed by atoms with Gasteiger partial charge < -0.3 is 9.47 Å². The predicted octanol–water partition coefficient (Wildman–Crippen LogP) is 10.7. The number of hydrogen-bond acceptors (Lipinski definition) is 3. The van der Waals surface area contributed by atoms with E-state index in [1.54, 1.807) is 12.8 Å². The number of nitrogens with zero attached hydrogens (tertiary/aromatic N) is 1. The van der Waals surface area contributed by atoms with Gasteiger partial charge in [0.05, 0.1) is 24.4 Å². The number of fused-ring (bicyclic) bond motifs is 7. The van der Waals surface area contributed by atoms with E-state index in [1.165, 1.54) is 154 Å². The Labute approximate surface area is 283 Å². The third kappa shape index (κ3) is 6.01. The van der Waals surface area contributed by atoms with Crippen LogP contribution in [0.4, 0.5) is 0 Å². The Kier molecular flexibility index (Phi) is 9.61.